The first-order valence-corrected chi connectivity index (χ1v) is 7.22. The van der Waals surface area contributed by atoms with E-state index in [0.29, 0.717) is 12.1 Å². The van der Waals surface area contributed by atoms with Crippen LogP contribution in [0.25, 0.3) is 0 Å². The highest BCUT2D eigenvalue weighted by Gasteiger charge is 2.21. The van der Waals surface area contributed by atoms with E-state index in [1.54, 1.807) is 0 Å². The number of nitrogens with zero attached hydrogens (tertiary/aromatic N) is 1. The van der Waals surface area contributed by atoms with Crippen LogP contribution in [0.15, 0.2) is 29.4 Å². The van der Waals surface area contributed by atoms with E-state index >= 15 is 0 Å². The maximum Gasteiger partial charge on any atom is 0.0726 e. The highest BCUT2D eigenvalue weighted by molar-refractivity contribution is 7.99. The summed E-state index contributed by atoms with van der Waals surface area (Å²) in [4.78, 5) is 5.29. The average Bonchev–Trinajstić information content (AvgIpc) is 2.89. The molecule has 4 heteroatoms. The van der Waals surface area contributed by atoms with Crippen LogP contribution in [0.2, 0.25) is 0 Å². The van der Waals surface area contributed by atoms with Gasteiger partial charge < -0.3 is 10.1 Å². The SMILES string of the molecule is CC(NCCSc1ccncc1)C1CCCO1. The lowest BCUT2D eigenvalue weighted by Gasteiger charge is -2.19. The second-order valence-electron chi connectivity index (χ2n) is 4.33. The lowest BCUT2D eigenvalue weighted by molar-refractivity contribution is 0.0844. The zero-order valence-corrected chi connectivity index (χ0v) is 11.1. The summed E-state index contributed by atoms with van der Waals surface area (Å²) in [6.07, 6.45) is 6.50. The molecule has 1 saturated heterocycles. The molecule has 0 bridgehead atoms. The molecule has 0 radical (unpaired) electrons. The highest BCUT2D eigenvalue weighted by Crippen LogP contribution is 2.17. The molecule has 0 spiro atoms. The predicted octanol–water partition coefficient (Wildman–Crippen LogP) is 2.33. The van der Waals surface area contributed by atoms with Crippen LogP contribution in [0, 0.1) is 0 Å². The highest BCUT2D eigenvalue weighted by atomic mass is 32.2. The molecule has 1 N–H and O–H groups in total. The van der Waals surface area contributed by atoms with E-state index in [1.165, 1.54) is 17.7 Å². The molecular formula is C13H20N2OS. The number of nitrogens with one attached hydrogen (secondary N) is 1. The van der Waals surface area contributed by atoms with Crippen molar-refractivity contribution in [2.45, 2.75) is 36.8 Å². The Kier molecular flexibility index (Phi) is 5.29. The van der Waals surface area contributed by atoms with Gasteiger partial charge in [0.2, 0.25) is 0 Å². The van der Waals surface area contributed by atoms with Gasteiger partial charge >= 0.3 is 0 Å². The van der Waals surface area contributed by atoms with Crippen LogP contribution in [-0.2, 0) is 4.74 Å². The molecule has 0 saturated carbocycles. The molecule has 3 nitrogen and oxygen atoms in total. The monoisotopic (exact) mass is 252 g/mol. The van der Waals surface area contributed by atoms with Crippen LogP contribution in [0.4, 0.5) is 0 Å². The summed E-state index contributed by atoms with van der Waals surface area (Å²) in [6.45, 7) is 4.17. The van der Waals surface area contributed by atoms with Gasteiger partial charge in [0.15, 0.2) is 0 Å². The molecule has 1 aliphatic rings. The minimum Gasteiger partial charge on any atom is -0.377 e. The number of pyridine rings is 1. The third-order valence-electron chi connectivity index (χ3n) is 3.01. The molecule has 2 rings (SSSR count). The molecule has 1 fully saturated rings. The van der Waals surface area contributed by atoms with Crippen LogP contribution in [-0.4, -0.2) is 36.0 Å². The Morgan fingerprint density at radius 1 is 1.53 bits per heavy atom. The minimum atomic E-state index is 0.418. The summed E-state index contributed by atoms with van der Waals surface area (Å²) in [7, 11) is 0. The quantitative estimate of drug-likeness (QED) is 0.622. The van der Waals surface area contributed by atoms with E-state index in [0.717, 1.165) is 18.9 Å². The Morgan fingerprint density at radius 3 is 3.06 bits per heavy atom. The summed E-state index contributed by atoms with van der Waals surface area (Å²) < 4.78 is 5.65. The topological polar surface area (TPSA) is 34.2 Å². The average molecular weight is 252 g/mol. The van der Waals surface area contributed by atoms with Crippen molar-refractivity contribution >= 4 is 11.8 Å². The molecule has 0 aliphatic carbocycles. The van der Waals surface area contributed by atoms with Gasteiger partial charge in [0.05, 0.1) is 6.10 Å². The van der Waals surface area contributed by atoms with Crippen molar-refractivity contribution in [3.8, 4) is 0 Å². The molecule has 2 unspecified atom stereocenters. The summed E-state index contributed by atoms with van der Waals surface area (Å²) >= 11 is 1.86. The summed E-state index contributed by atoms with van der Waals surface area (Å²) in [6, 6.07) is 4.57. The van der Waals surface area contributed by atoms with Gasteiger partial charge in [0.1, 0.15) is 0 Å². The Bertz CT molecular complexity index is 314. The zero-order chi connectivity index (χ0) is 11.9. The fourth-order valence-electron chi connectivity index (χ4n) is 2.02. The van der Waals surface area contributed by atoms with Crippen molar-refractivity contribution in [2.24, 2.45) is 0 Å². The maximum absolute atomic E-state index is 5.65. The molecule has 94 valence electrons. The normalized spacial score (nSPS) is 21.6. The largest absolute Gasteiger partial charge is 0.377 e. The molecule has 0 aromatic carbocycles. The third kappa shape index (κ3) is 4.30. The van der Waals surface area contributed by atoms with E-state index in [-0.39, 0.29) is 0 Å². The Morgan fingerprint density at radius 2 is 2.35 bits per heavy atom. The Hall–Kier alpha value is -0.580. The van der Waals surface area contributed by atoms with Gasteiger partial charge in [-0.2, -0.15) is 0 Å². The van der Waals surface area contributed by atoms with E-state index in [1.807, 2.05) is 36.3 Å². The predicted molar refractivity (Wildman–Crippen MR) is 71.4 cm³/mol. The van der Waals surface area contributed by atoms with E-state index in [9.17, 15) is 0 Å². The van der Waals surface area contributed by atoms with Crippen molar-refractivity contribution in [3.63, 3.8) is 0 Å². The van der Waals surface area contributed by atoms with E-state index in [4.69, 9.17) is 4.74 Å². The van der Waals surface area contributed by atoms with Crippen molar-refractivity contribution in [2.75, 3.05) is 18.9 Å². The van der Waals surface area contributed by atoms with Crippen molar-refractivity contribution in [1.82, 2.24) is 10.3 Å². The first-order chi connectivity index (χ1) is 8.36. The van der Waals surface area contributed by atoms with Gasteiger partial charge in [-0.25, -0.2) is 0 Å². The maximum atomic E-state index is 5.65. The van der Waals surface area contributed by atoms with Crippen molar-refractivity contribution in [1.29, 1.82) is 0 Å². The molecular weight excluding hydrogens is 232 g/mol. The summed E-state index contributed by atoms with van der Waals surface area (Å²) in [5.74, 6) is 1.08. The molecule has 1 aromatic rings. The van der Waals surface area contributed by atoms with E-state index in [2.05, 4.69) is 17.2 Å². The van der Waals surface area contributed by atoms with Crippen LogP contribution in [0.3, 0.4) is 0 Å². The minimum absolute atomic E-state index is 0.418. The van der Waals surface area contributed by atoms with Crippen LogP contribution >= 0.6 is 11.8 Å². The first kappa shape index (κ1) is 12.9. The Balaban J connectivity index is 1.59. The standard InChI is InChI=1S/C13H20N2OS/c1-11(13-3-2-9-16-13)15-8-10-17-12-4-6-14-7-5-12/h4-7,11,13,15H,2-3,8-10H2,1H3. The molecule has 1 aliphatic heterocycles. The first-order valence-electron chi connectivity index (χ1n) is 6.24. The number of hydrogen-bond acceptors (Lipinski definition) is 4. The Labute approximate surface area is 107 Å². The number of hydrogen-bond donors (Lipinski definition) is 1. The van der Waals surface area contributed by atoms with Crippen LogP contribution in [0.5, 0.6) is 0 Å². The van der Waals surface area contributed by atoms with Crippen molar-refractivity contribution in [3.05, 3.63) is 24.5 Å². The summed E-state index contributed by atoms with van der Waals surface area (Å²) in [5, 5.41) is 3.53. The second-order valence-corrected chi connectivity index (χ2v) is 5.49. The fourth-order valence-corrected chi connectivity index (χ4v) is 2.79. The number of aromatic nitrogens is 1. The molecule has 1 aromatic heterocycles. The number of thioether (sulfide) groups is 1. The zero-order valence-electron chi connectivity index (χ0n) is 10.3. The van der Waals surface area contributed by atoms with Crippen LogP contribution in [0.1, 0.15) is 19.8 Å². The summed E-state index contributed by atoms with van der Waals surface area (Å²) in [5.41, 5.74) is 0. The van der Waals surface area contributed by atoms with Gasteiger partial charge in [-0.05, 0) is 31.9 Å². The third-order valence-corrected chi connectivity index (χ3v) is 4.02. The van der Waals surface area contributed by atoms with Crippen molar-refractivity contribution < 1.29 is 4.74 Å². The lowest BCUT2D eigenvalue weighted by atomic mass is 10.1. The molecule has 2 heterocycles. The lowest BCUT2D eigenvalue weighted by Crippen LogP contribution is -2.38. The van der Waals surface area contributed by atoms with E-state index < -0.39 is 0 Å². The van der Waals surface area contributed by atoms with Gasteiger partial charge in [0, 0.05) is 42.2 Å². The number of ether oxygens (including phenoxy) is 1. The fraction of sp³-hybridized carbons (Fsp3) is 0.615. The van der Waals surface area contributed by atoms with Gasteiger partial charge in [-0.3, -0.25) is 4.98 Å². The van der Waals surface area contributed by atoms with Gasteiger partial charge in [-0.1, -0.05) is 0 Å². The second kappa shape index (κ2) is 6.99. The van der Waals surface area contributed by atoms with Gasteiger partial charge in [-0.15, -0.1) is 11.8 Å². The molecule has 17 heavy (non-hydrogen) atoms. The molecule has 0 amide bonds. The van der Waals surface area contributed by atoms with Crippen LogP contribution < -0.4 is 5.32 Å². The van der Waals surface area contributed by atoms with Gasteiger partial charge in [0.25, 0.3) is 0 Å². The molecule has 2 atom stereocenters. The number of rotatable bonds is 6. The smallest absolute Gasteiger partial charge is 0.0726 e.